The van der Waals surface area contributed by atoms with E-state index in [0.29, 0.717) is 12.5 Å². The van der Waals surface area contributed by atoms with Crippen LogP contribution in [0.1, 0.15) is 6.92 Å². The van der Waals surface area contributed by atoms with Gasteiger partial charge in [0.15, 0.2) is 0 Å². The number of hydrogen-bond donors (Lipinski definition) is 2. The van der Waals surface area contributed by atoms with E-state index in [1.807, 2.05) is 6.92 Å². The second kappa shape index (κ2) is 3.27. The van der Waals surface area contributed by atoms with E-state index in [1.54, 1.807) is 0 Å². The second-order valence-electron chi connectivity index (χ2n) is 3.84. The minimum Gasteiger partial charge on any atom is -0.465 e. The van der Waals surface area contributed by atoms with Gasteiger partial charge < -0.3 is 15.4 Å². The van der Waals surface area contributed by atoms with E-state index >= 15 is 0 Å². The fourth-order valence-corrected chi connectivity index (χ4v) is 2.34. The van der Waals surface area contributed by atoms with Gasteiger partial charge in [0.25, 0.3) is 0 Å². The van der Waals surface area contributed by atoms with Crippen molar-refractivity contribution in [1.29, 1.82) is 0 Å². The van der Waals surface area contributed by atoms with E-state index in [4.69, 9.17) is 4.74 Å². The highest BCUT2D eigenvalue weighted by Gasteiger charge is 2.53. The van der Waals surface area contributed by atoms with Gasteiger partial charge in [-0.15, -0.1) is 0 Å². The zero-order chi connectivity index (χ0) is 9.31. The topological polar surface area (TPSA) is 50.4 Å². The monoisotopic (exact) mass is 184 g/mol. The summed E-state index contributed by atoms with van der Waals surface area (Å²) in [5.41, 5.74) is -0.268. The summed E-state index contributed by atoms with van der Waals surface area (Å²) >= 11 is 0. The number of esters is 1. The van der Waals surface area contributed by atoms with Crippen LogP contribution < -0.4 is 10.6 Å². The maximum absolute atomic E-state index is 11.7. The molecule has 2 fully saturated rings. The molecule has 0 aliphatic carbocycles. The highest BCUT2D eigenvalue weighted by Crippen LogP contribution is 2.35. The number of rotatable bonds is 2. The molecule has 0 amide bonds. The van der Waals surface area contributed by atoms with E-state index in [0.717, 1.165) is 26.2 Å². The second-order valence-corrected chi connectivity index (χ2v) is 3.84. The van der Waals surface area contributed by atoms with Gasteiger partial charge in [0.05, 0.1) is 12.0 Å². The summed E-state index contributed by atoms with van der Waals surface area (Å²) in [7, 11) is 0. The molecule has 2 aliphatic rings. The van der Waals surface area contributed by atoms with Crippen LogP contribution in [0.2, 0.25) is 0 Å². The summed E-state index contributed by atoms with van der Waals surface area (Å²) in [5.74, 6) is 0.390. The van der Waals surface area contributed by atoms with Gasteiger partial charge in [-0.2, -0.15) is 0 Å². The predicted octanol–water partition coefficient (Wildman–Crippen LogP) is -0.641. The van der Waals surface area contributed by atoms with E-state index in [9.17, 15) is 4.79 Å². The number of fused-ring (bicyclic) bond motifs is 1. The lowest BCUT2D eigenvalue weighted by Crippen LogP contribution is -2.41. The highest BCUT2D eigenvalue weighted by molar-refractivity contribution is 5.79. The van der Waals surface area contributed by atoms with Crippen LogP contribution in [-0.4, -0.2) is 38.8 Å². The van der Waals surface area contributed by atoms with Gasteiger partial charge in [-0.3, -0.25) is 4.79 Å². The molecule has 0 radical (unpaired) electrons. The Kier molecular flexibility index (Phi) is 2.26. The molecule has 0 bridgehead atoms. The number of ether oxygens (including phenoxy) is 1. The van der Waals surface area contributed by atoms with Crippen LogP contribution >= 0.6 is 0 Å². The molecule has 2 aliphatic heterocycles. The summed E-state index contributed by atoms with van der Waals surface area (Å²) in [6.07, 6.45) is 0. The Labute approximate surface area is 78.0 Å². The van der Waals surface area contributed by atoms with Crippen LogP contribution in [0, 0.1) is 11.3 Å². The molecule has 2 saturated heterocycles. The molecule has 0 saturated carbocycles. The zero-order valence-electron chi connectivity index (χ0n) is 7.93. The van der Waals surface area contributed by atoms with Crippen LogP contribution in [0.4, 0.5) is 0 Å². The van der Waals surface area contributed by atoms with Crippen molar-refractivity contribution in [2.45, 2.75) is 6.92 Å². The van der Waals surface area contributed by atoms with Crippen molar-refractivity contribution in [2.75, 3.05) is 32.8 Å². The Bertz CT molecular complexity index is 208. The number of carbonyl (C=O) groups is 1. The summed E-state index contributed by atoms with van der Waals surface area (Å²) < 4.78 is 5.11. The first-order valence-electron chi connectivity index (χ1n) is 4.88. The van der Waals surface area contributed by atoms with Crippen LogP contribution in [-0.2, 0) is 9.53 Å². The van der Waals surface area contributed by atoms with Gasteiger partial charge in [0, 0.05) is 32.1 Å². The van der Waals surface area contributed by atoms with E-state index < -0.39 is 0 Å². The number of hydrogen-bond acceptors (Lipinski definition) is 4. The molecule has 4 nitrogen and oxygen atoms in total. The highest BCUT2D eigenvalue weighted by atomic mass is 16.5. The molecule has 4 heteroatoms. The van der Waals surface area contributed by atoms with Crippen LogP contribution in [0.25, 0.3) is 0 Å². The first-order chi connectivity index (χ1) is 6.29. The normalized spacial score (nSPS) is 37.5. The van der Waals surface area contributed by atoms with Gasteiger partial charge in [0.1, 0.15) is 0 Å². The molecular weight excluding hydrogens is 168 g/mol. The van der Waals surface area contributed by atoms with Crippen molar-refractivity contribution >= 4 is 5.97 Å². The molecule has 0 unspecified atom stereocenters. The fourth-order valence-electron chi connectivity index (χ4n) is 2.34. The smallest absolute Gasteiger partial charge is 0.315 e. The molecule has 2 heterocycles. The lowest BCUT2D eigenvalue weighted by atomic mass is 9.81. The van der Waals surface area contributed by atoms with Gasteiger partial charge >= 0.3 is 5.97 Å². The minimum absolute atomic E-state index is 0.0324. The van der Waals surface area contributed by atoms with Gasteiger partial charge in [-0.25, -0.2) is 0 Å². The lowest BCUT2D eigenvalue weighted by Gasteiger charge is -2.24. The Morgan fingerprint density at radius 2 is 2.08 bits per heavy atom. The van der Waals surface area contributed by atoms with Gasteiger partial charge in [0.2, 0.25) is 0 Å². The van der Waals surface area contributed by atoms with Crippen molar-refractivity contribution in [3.05, 3.63) is 0 Å². The van der Waals surface area contributed by atoms with E-state index in [2.05, 4.69) is 10.6 Å². The predicted molar refractivity (Wildman–Crippen MR) is 48.3 cm³/mol. The maximum Gasteiger partial charge on any atom is 0.315 e. The average Bonchev–Trinajstić information content (AvgIpc) is 2.61. The van der Waals surface area contributed by atoms with Crippen molar-refractivity contribution in [3.8, 4) is 0 Å². The molecule has 2 N–H and O–H groups in total. The average molecular weight is 184 g/mol. The summed E-state index contributed by atoms with van der Waals surface area (Å²) in [6, 6.07) is 0. The Morgan fingerprint density at radius 3 is 2.62 bits per heavy atom. The standard InChI is InChI=1S/C9H16N2O2/c1-2-13-8(12)9-5-10-3-7(9)4-11-6-9/h7,10-11H,2-6H2,1H3. The van der Waals surface area contributed by atoms with Crippen LogP contribution in [0.3, 0.4) is 0 Å². The maximum atomic E-state index is 11.7. The Balaban J connectivity index is 2.12. The minimum atomic E-state index is -0.268. The largest absolute Gasteiger partial charge is 0.465 e. The van der Waals surface area contributed by atoms with Crippen LogP contribution in [0.5, 0.6) is 0 Å². The molecule has 0 atom stereocenters. The van der Waals surface area contributed by atoms with Crippen molar-refractivity contribution in [1.82, 2.24) is 10.6 Å². The first-order valence-corrected chi connectivity index (χ1v) is 4.88. The van der Waals surface area contributed by atoms with Gasteiger partial charge in [-0.05, 0) is 6.92 Å². The fraction of sp³-hybridized carbons (Fsp3) is 0.889. The number of nitrogens with one attached hydrogen (secondary N) is 2. The Morgan fingerprint density at radius 1 is 1.46 bits per heavy atom. The molecule has 0 aromatic rings. The van der Waals surface area contributed by atoms with Crippen LogP contribution in [0.15, 0.2) is 0 Å². The quantitative estimate of drug-likeness (QED) is 0.560. The SMILES string of the molecule is CCOC(=O)C12CNCC1CNC2. The summed E-state index contributed by atoms with van der Waals surface area (Å²) in [5, 5.41) is 6.53. The third-order valence-electron chi connectivity index (χ3n) is 3.13. The van der Waals surface area contributed by atoms with Gasteiger partial charge in [-0.1, -0.05) is 0 Å². The molecule has 2 rings (SSSR count). The third-order valence-corrected chi connectivity index (χ3v) is 3.13. The third kappa shape index (κ3) is 1.25. The Hall–Kier alpha value is -0.610. The first kappa shape index (κ1) is 8.97. The zero-order valence-corrected chi connectivity index (χ0v) is 7.93. The lowest BCUT2D eigenvalue weighted by molar-refractivity contribution is -0.154. The van der Waals surface area contributed by atoms with E-state index in [-0.39, 0.29) is 11.4 Å². The molecular formula is C9H16N2O2. The van der Waals surface area contributed by atoms with Crippen molar-refractivity contribution < 1.29 is 9.53 Å². The van der Waals surface area contributed by atoms with E-state index in [1.165, 1.54) is 0 Å². The summed E-state index contributed by atoms with van der Waals surface area (Å²) in [6.45, 7) is 5.74. The summed E-state index contributed by atoms with van der Waals surface area (Å²) in [4.78, 5) is 11.7. The van der Waals surface area contributed by atoms with Crippen molar-refractivity contribution in [2.24, 2.45) is 11.3 Å². The van der Waals surface area contributed by atoms with Crippen molar-refractivity contribution in [3.63, 3.8) is 0 Å². The molecule has 0 aromatic heterocycles. The molecule has 0 aromatic carbocycles. The molecule has 74 valence electrons. The molecule has 0 spiro atoms. The molecule has 13 heavy (non-hydrogen) atoms. The number of carbonyl (C=O) groups excluding carboxylic acids is 1.